The first-order valence-corrected chi connectivity index (χ1v) is 8.97. The molecule has 0 aromatic rings. The van der Waals surface area contributed by atoms with E-state index in [2.05, 4.69) is 6.92 Å². The Labute approximate surface area is 171 Å². The van der Waals surface area contributed by atoms with Crippen molar-refractivity contribution in [1.82, 2.24) is 0 Å². The van der Waals surface area contributed by atoms with Crippen molar-refractivity contribution in [2.75, 3.05) is 0 Å². The summed E-state index contributed by atoms with van der Waals surface area (Å²) in [6, 6.07) is 0. The maximum atomic E-state index is 10.2. The van der Waals surface area contributed by atoms with Gasteiger partial charge in [0, 0.05) is 27.0 Å². The molecule has 134 valence electrons. The van der Waals surface area contributed by atoms with Crippen molar-refractivity contribution in [3.8, 4) is 0 Å². The van der Waals surface area contributed by atoms with Gasteiger partial charge in [-0.2, -0.15) is 0 Å². The van der Waals surface area contributed by atoms with Crippen molar-refractivity contribution in [3.63, 3.8) is 0 Å². The molecule has 0 aliphatic heterocycles. The molecule has 0 aliphatic rings. The molecule has 0 atom stereocenters. The van der Waals surface area contributed by atoms with Crippen LogP contribution >= 0.6 is 0 Å². The molecular weight excluding hydrogens is 513 g/mol. The van der Waals surface area contributed by atoms with Crippen molar-refractivity contribution in [3.05, 3.63) is 0 Å². The summed E-state index contributed by atoms with van der Waals surface area (Å²) in [4.78, 5) is 10.2. The molecule has 0 aliphatic carbocycles. The van der Waals surface area contributed by atoms with Gasteiger partial charge in [-0.15, -0.1) is 0 Å². The quantitative estimate of drug-likeness (QED) is 0.204. The third kappa shape index (κ3) is 31.1. The molecule has 3 nitrogen and oxygen atoms in total. The Morgan fingerprint density at radius 1 is 0.652 bits per heavy atom. The van der Waals surface area contributed by atoms with Crippen molar-refractivity contribution >= 4 is 5.97 Å². The van der Waals surface area contributed by atoms with Crippen molar-refractivity contribution < 1.29 is 55.9 Å². The van der Waals surface area contributed by atoms with E-state index in [1.54, 1.807) is 0 Å². The van der Waals surface area contributed by atoms with E-state index in [0.29, 0.717) is 0 Å². The van der Waals surface area contributed by atoms with Gasteiger partial charge in [0.2, 0.25) is 0 Å². The first kappa shape index (κ1) is 31.5. The molecule has 0 radical (unpaired) electrons. The van der Waals surface area contributed by atoms with Crippen LogP contribution in [0, 0.1) is 0 Å². The molecule has 0 rings (SSSR count). The average Bonchev–Trinajstić information content (AvgIpc) is 2.43. The Hall–Kier alpha value is 0.742. The van der Waals surface area contributed by atoms with Crippen molar-refractivity contribution in [2.45, 2.75) is 110 Å². The second-order valence-electron chi connectivity index (χ2n) is 6.07. The summed E-state index contributed by atoms with van der Waals surface area (Å²) >= 11 is 0. The van der Waals surface area contributed by atoms with E-state index in [9.17, 15) is 9.90 Å². The minimum Gasteiger partial charge on any atom is -2.00 e. The fourth-order valence-corrected chi connectivity index (χ4v) is 2.64. The van der Waals surface area contributed by atoms with Gasteiger partial charge in [0.15, 0.2) is 0 Å². The normalized spacial score (nSPS) is 9.43. The SMILES string of the molecule is CCCCCCCCCCCCCCCCCC(=O)[O-].[O-2].[W].[Zn+2]. The fraction of sp³-hybridized carbons (Fsp3) is 0.944. The number of hydrogen-bond donors (Lipinski definition) is 0. The number of hydrogen-bond acceptors (Lipinski definition) is 2. The van der Waals surface area contributed by atoms with Crippen LogP contribution in [0.15, 0.2) is 0 Å². The number of carboxylic acid groups (broad SMARTS) is 1. The molecule has 0 amide bonds. The van der Waals surface area contributed by atoms with Crippen LogP contribution in [-0.4, -0.2) is 5.97 Å². The molecule has 0 heterocycles. The molecule has 0 saturated heterocycles. The van der Waals surface area contributed by atoms with Crippen LogP contribution < -0.4 is 5.11 Å². The second-order valence-corrected chi connectivity index (χ2v) is 6.07. The number of aliphatic carboxylic acids is 1. The molecule has 0 unspecified atom stereocenters. The molecule has 5 heteroatoms. The van der Waals surface area contributed by atoms with Crippen LogP contribution in [0.5, 0.6) is 0 Å². The standard InChI is InChI=1S/C18H36O2.O.W.Zn/c1-2-3-4-5-6-7-8-9-10-11-12-13-14-15-16-17-18(19)20;;;/h2-17H2,1H3,(H,19,20);;;/q;-2;;+2/p-1. The monoisotopic (exact) mass is 547 g/mol. The largest absolute Gasteiger partial charge is 2.00 e. The number of rotatable bonds is 16. The Balaban J connectivity index is -0.000000602. The zero-order valence-electron chi connectivity index (χ0n) is 15.2. The number of carbonyl (C=O) groups excluding carboxylic acids is 1. The van der Waals surface area contributed by atoms with Gasteiger partial charge in [0.05, 0.1) is 0 Å². The van der Waals surface area contributed by atoms with E-state index in [0.717, 1.165) is 12.8 Å². The summed E-state index contributed by atoms with van der Waals surface area (Å²) in [6.07, 6.45) is 19.9. The Morgan fingerprint density at radius 2 is 0.913 bits per heavy atom. The van der Waals surface area contributed by atoms with Gasteiger partial charge in [-0.1, -0.05) is 96.8 Å². The minimum absolute atomic E-state index is 0. The van der Waals surface area contributed by atoms with E-state index < -0.39 is 5.97 Å². The van der Waals surface area contributed by atoms with Crippen molar-refractivity contribution in [2.24, 2.45) is 0 Å². The summed E-state index contributed by atoms with van der Waals surface area (Å²) in [5.41, 5.74) is 0. The maximum Gasteiger partial charge on any atom is 2.00 e. The molecule has 0 fully saturated rings. The van der Waals surface area contributed by atoms with E-state index in [1.165, 1.54) is 83.5 Å². The molecule has 0 bridgehead atoms. The molecule has 0 aromatic heterocycles. The first-order valence-electron chi connectivity index (χ1n) is 8.97. The van der Waals surface area contributed by atoms with Crippen LogP contribution in [0.3, 0.4) is 0 Å². The predicted octanol–water partition coefficient (Wildman–Crippen LogP) is 4.87. The maximum absolute atomic E-state index is 10.2. The van der Waals surface area contributed by atoms with Gasteiger partial charge in [0.25, 0.3) is 0 Å². The summed E-state index contributed by atoms with van der Waals surface area (Å²) in [6.45, 7) is 2.27. The summed E-state index contributed by atoms with van der Waals surface area (Å²) in [7, 11) is 0. The van der Waals surface area contributed by atoms with Gasteiger partial charge in [-0.25, -0.2) is 0 Å². The van der Waals surface area contributed by atoms with Crippen LogP contribution in [0.4, 0.5) is 0 Å². The molecule has 0 saturated carbocycles. The third-order valence-corrected chi connectivity index (χ3v) is 3.98. The van der Waals surface area contributed by atoms with Crippen LogP contribution in [0.2, 0.25) is 0 Å². The summed E-state index contributed by atoms with van der Waals surface area (Å²) in [5, 5.41) is 10.2. The minimum atomic E-state index is -0.903. The van der Waals surface area contributed by atoms with Gasteiger partial charge >= 0.3 is 19.5 Å². The van der Waals surface area contributed by atoms with Crippen LogP contribution in [0.25, 0.3) is 0 Å². The predicted molar refractivity (Wildman–Crippen MR) is 85.2 cm³/mol. The smallest absolute Gasteiger partial charge is 2.00 e. The zero-order chi connectivity index (χ0) is 14.9. The van der Waals surface area contributed by atoms with Gasteiger partial charge in [-0.05, 0) is 12.8 Å². The first-order chi connectivity index (χ1) is 9.77. The molecule has 23 heavy (non-hydrogen) atoms. The Bertz CT molecular complexity index is 216. The Morgan fingerprint density at radius 3 is 1.17 bits per heavy atom. The van der Waals surface area contributed by atoms with Gasteiger partial charge in [0.1, 0.15) is 0 Å². The topological polar surface area (TPSA) is 68.6 Å². The number of carbonyl (C=O) groups is 1. The van der Waals surface area contributed by atoms with Crippen LogP contribution in [-0.2, 0) is 50.8 Å². The average molecular weight is 549 g/mol. The number of unbranched alkanes of at least 4 members (excludes halogenated alkanes) is 14. The van der Waals surface area contributed by atoms with Gasteiger partial charge in [-0.3, -0.25) is 0 Å². The summed E-state index contributed by atoms with van der Waals surface area (Å²) in [5.74, 6) is -0.903. The van der Waals surface area contributed by atoms with Gasteiger partial charge < -0.3 is 15.4 Å². The van der Waals surface area contributed by atoms with Crippen molar-refractivity contribution in [1.29, 1.82) is 0 Å². The van der Waals surface area contributed by atoms with E-state index >= 15 is 0 Å². The van der Waals surface area contributed by atoms with E-state index in [-0.39, 0.29) is 52.4 Å². The third-order valence-electron chi connectivity index (χ3n) is 3.98. The Kier molecular flexibility index (Phi) is 37.8. The van der Waals surface area contributed by atoms with E-state index in [4.69, 9.17) is 0 Å². The molecule has 0 aromatic carbocycles. The van der Waals surface area contributed by atoms with E-state index in [1.807, 2.05) is 0 Å². The second kappa shape index (κ2) is 27.6. The molecule has 0 N–H and O–H groups in total. The number of carboxylic acids is 1. The molecule has 0 spiro atoms. The van der Waals surface area contributed by atoms with Crippen LogP contribution in [0.1, 0.15) is 110 Å². The zero-order valence-corrected chi connectivity index (χ0v) is 21.1. The summed E-state index contributed by atoms with van der Waals surface area (Å²) < 4.78 is 0. The fourth-order valence-electron chi connectivity index (χ4n) is 2.64. The molecular formula is C18H35O3WZn-.